The maximum absolute atomic E-state index is 11.5. The first-order chi connectivity index (χ1) is 8.90. The molecule has 2 atom stereocenters. The molecule has 1 unspecified atom stereocenters. The molecule has 1 rings (SSSR count). The van der Waals surface area contributed by atoms with Gasteiger partial charge >= 0.3 is 24.1 Å². The fraction of sp³-hybridized carbons (Fsp3) is 0.500. The fourth-order valence-corrected chi connectivity index (χ4v) is 3.41. The van der Waals surface area contributed by atoms with Crippen molar-refractivity contribution in [1.82, 2.24) is 10.6 Å². The van der Waals surface area contributed by atoms with Crippen LogP contribution in [0, 0.1) is 0 Å². The summed E-state index contributed by atoms with van der Waals surface area (Å²) in [5, 5.41) is 20.9. The summed E-state index contributed by atoms with van der Waals surface area (Å²) in [4.78, 5) is 44.0. The van der Waals surface area contributed by atoms with E-state index in [1.54, 1.807) is 0 Å². The average Bonchev–Trinajstić information content (AvgIpc) is 2.34. The Labute approximate surface area is 114 Å². The van der Waals surface area contributed by atoms with Crippen molar-refractivity contribution in [2.75, 3.05) is 11.5 Å². The van der Waals surface area contributed by atoms with Crippen LogP contribution >= 0.6 is 21.6 Å². The van der Waals surface area contributed by atoms with Crippen LogP contribution in [0.15, 0.2) is 0 Å². The summed E-state index contributed by atoms with van der Waals surface area (Å²) in [6.45, 7) is 0. The van der Waals surface area contributed by atoms with Gasteiger partial charge in [-0.3, -0.25) is 0 Å². The van der Waals surface area contributed by atoms with Crippen LogP contribution < -0.4 is 10.6 Å². The molecular formula is C8H10N2O7S2. The average molecular weight is 310 g/mol. The highest BCUT2D eigenvalue weighted by Gasteiger charge is 2.31. The summed E-state index contributed by atoms with van der Waals surface area (Å²) in [7, 11) is 2.27. The summed E-state index contributed by atoms with van der Waals surface area (Å²) in [6.07, 6.45) is -2.83. The predicted molar refractivity (Wildman–Crippen MR) is 65.9 cm³/mol. The highest BCUT2D eigenvalue weighted by Crippen LogP contribution is 2.25. The monoisotopic (exact) mass is 310 g/mol. The molecule has 106 valence electrons. The Bertz CT molecular complexity index is 367. The van der Waals surface area contributed by atoms with Crippen LogP contribution in [-0.4, -0.2) is 57.9 Å². The standard InChI is InChI=1S/C8H10N2O7S2/c11-5-3(9-7(13)14)1-18-19-2-4(6(12)17-5)10-8(15)16/h3-4,9-10H,1-2H2,(H,13,14)(H,15,16)/t3-,4?/m0/s1. The molecule has 2 amide bonds. The van der Waals surface area contributed by atoms with E-state index in [1.807, 2.05) is 10.6 Å². The lowest BCUT2D eigenvalue weighted by Crippen LogP contribution is -2.47. The predicted octanol–water partition coefficient (Wildman–Crippen LogP) is -0.276. The maximum Gasteiger partial charge on any atom is 0.405 e. The van der Waals surface area contributed by atoms with E-state index in [0.717, 1.165) is 21.6 Å². The highest BCUT2D eigenvalue weighted by molar-refractivity contribution is 8.76. The minimum atomic E-state index is -1.42. The Hall–Kier alpha value is -1.62. The van der Waals surface area contributed by atoms with Gasteiger partial charge in [-0.25, -0.2) is 19.2 Å². The van der Waals surface area contributed by atoms with E-state index in [-0.39, 0.29) is 11.5 Å². The maximum atomic E-state index is 11.5. The normalized spacial score (nSPS) is 24.4. The number of rotatable bonds is 2. The van der Waals surface area contributed by atoms with Gasteiger partial charge in [-0.05, 0) is 0 Å². The van der Waals surface area contributed by atoms with Gasteiger partial charge in [-0.2, -0.15) is 0 Å². The van der Waals surface area contributed by atoms with E-state index in [9.17, 15) is 19.2 Å². The van der Waals surface area contributed by atoms with Crippen LogP contribution in [0.25, 0.3) is 0 Å². The molecule has 0 aromatic rings. The highest BCUT2D eigenvalue weighted by atomic mass is 33.1. The lowest BCUT2D eigenvalue weighted by Gasteiger charge is -2.14. The van der Waals surface area contributed by atoms with Gasteiger partial charge in [0.1, 0.15) is 12.1 Å². The molecule has 1 aliphatic rings. The van der Waals surface area contributed by atoms with E-state index in [4.69, 9.17) is 10.2 Å². The summed E-state index contributed by atoms with van der Waals surface area (Å²) in [5.41, 5.74) is 0. The van der Waals surface area contributed by atoms with Gasteiger partial charge in [0.05, 0.1) is 0 Å². The Morgan fingerprint density at radius 1 is 1.00 bits per heavy atom. The first-order valence-corrected chi connectivity index (χ1v) is 7.38. The second kappa shape index (κ2) is 7.09. The molecule has 19 heavy (non-hydrogen) atoms. The van der Waals surface area contributed by atoms with Crippen molar-refractivity contribution in [3.63, 3.8) is 0 Å². The smallest absolute Gasteiger partial charge is 0.405 e. The number of esters is 2. The molecule has 0 aromatic carbocycles. The van der Waals surface area contributed by atoms with Crippen molar-refractivity contribution in [2.24, 2.45) is 0 Å². The first-order valence-electron chi connectivity index (χ1n) is 4.89. The quantitative estimate of drug-likeness (QED) is 0.308. The second-order valence-corrected chi connectivity index (χ2v) is 5.87. The Morgan fingerprint density at radius 2 is 1.37 bits per heavy atom. The van der Waals surface area contributed by atoms with Crippen molar-refractivity contribution >= 4 is 45.7 Å². The van der Waals surface area contributed by atoms with Gasteiger partial charge < -0.3 is 25.6 Å². The number of carboxylic acid groups (broad SMARTS) is 2. The molecule has 0 spiro atoms. The zero-order valence-corrected chi connectivity index (χ0v) is 11.0. The fourth-order valence-electron chi connectivity index (χ4n) is 1.11. The molecule has 1 aliphatic heterocycles. The molecule has 9 nitrogen and oxygen atoms in total. The van der Waals surface area contributed by atoms with Gasteiger partial charge in [-0.1, -0.05) is 21.6 Å². The van der Waals surface area contributed by atoms with E-state index in [2.05, 4.69) is 4.74 Å². The van der Waals surface area contributed by atoms with Crippen molar-refractivity contribution in [2.45, 2.75) is 12.1 Å². The van der Waals surface area contributed by atoms with Crippen molar-refractivity contribution in [3.8, 4) is 0 Å². The third-order valence-electron chi connectivity index (χ3n) is 1.92. The molecule has 1 heterocycles. The zero-order valence-electron chi connectivity index (χ0n) is 9.32. The Balaban J connectivity index is 2.73. The molecule has 4 N–H and O–H groups in total. The number of amides is 2. The SMILES string of the molecule is O=C(O)NC1CSSC[C@H](NC(=O)O)C(=O)OC1=O. The number of carbonyl (C=O) groups is 4. The Morgan fingerprint density at radius 3 is 1.68 bits per heavy atom. The molecule has 11 heteroatoms. The molecule has 0 saturated carbocycles. The van der Waals surface area contributed by atoms with E-state index in [0.29, 0.717) is 0 Å². The molecule has 0 aromatic heterocycles. The second-order valence-electron chi connectivity index (χ2n) is 3.31. The zero-order chi connectivity index (χ0) is 14.4. The third-order valence-corrected chi connectivity index (χ3v) is 4.34. The minimum absolute atomic E-state index is 0.0723. The van der Waals surface area contributed by atoms with Crippen LogP contribution in [0.3, 0.4) is 0 Å². The molecule has 0 aliphatic carbocycles. The van der Waals surface area contributed by atoms with Crippen LogP contribution in [0.4, 0.5) is 9.59 Å². The van der Waals surface area contributed by atoms with Crippen LogP contribution in [0.5, 0.6) is 0 Å². The number of carbonyl (C=O) groups excluding carboxylic acids is 2. The summed E-state index contributed by atoms with van der Waals surface area (Å²) >= 11 is 0. The molecule has 0 bridgehead atoms. The third kappa shape index (κ3) is 5.26. The topological polar surface area (TPSA) is 142 Å². The van der Waals surface area contributed by atoms with Gasteiger partial charge in [0.2, 0.25) is 0 Å². The van der Waals surface area contributed by atoms with E-state index >= 15 is 0 Å². The molecular weight excluding hydrogens is 300 g/mol. The summed E-state index contributed by atoms with van der Waals surface area (Å²) in [5.74, 6) is -1.97. The van der Waals surface area contributed by atoms with Crippen molar-refractivity contribution in [3.05, 3.63) is 0 Å². The lowest BCUT2D eigenvalue weighted by atomic mass is 10.3. The largest absolute Gasteiger partial charge is 0.465 e. The number of ether oxygens (including phenoxy) is 1. The van der Waals surface area contributed by atoms with Crippen molar-refractivity contribution in [1.29, 1.82) is 0 Å². The van der Waals surface area contributed by atoms with Crippen LogP contribution in [-0.2, 0) is 14.3 Å². The van der Waals surface area contributed by atoms with Gasteiger partial charge in [0.15, 0.2) is 0 Å². The van der Waals surface area contributed by atoms with Crippen LogP contribution in [0.1, 0.15) is 0 Å². The van der Waals surface area contributed by atoms with Gasteiger partial charge in [-0.15, -0.1) is 0 Å². The number of cyclic esters (lactones) is 2. The molecule has 1 fully saturated rings. The summed E-state index contributed by atoms with van der Waals surface area (Å²) in [6, 6.07) is -2.36. The van der Waals surface area contributed by atoms with Gasteiger partial charge in [0, 0.05) is 11.5 Å². The summed E-state index contributed by atoms with van der Waals surface area (Å²) < 4.78 is 4.44. The first kappa shape index (κ1) is 15.4. The lowest BCUT2D eigenvalue weighted by molar-refractivity contribution is -0.161. The number of nitrogens with one attached hydrogen (secondary N) is 2. The van der Waals surface area contributed by atoms with Gasteiger partial charge in [0.25, 0.3) is 0 Å². The molecule has 1 saturated heterocycles. The van der Waals surface area contributed by atoms with E-state index < -0.39 is 36.2 Å². The van der Waals surface area contributed by atoms with Crippen LogP contribution in [0.2, 0.25) is 0 Å². The van der Waals surface area contributed by atoms with Crippen molar-refractivity contribution < 1.29 is 34.1 Å². The minimum Gasteiger partial charge on any atom is -0.465 e. The Kier molecular flexibility index (Phi) is 5.76. The van der Waals surface area contributed by atoms with E-state index in [1.165, 1.54) is 0 Å². The number of hydrogen-bond donors (Lipinski definition) is 4. The molecule has 0 radical (unpaired) electrons. The number of hydrogen-bond acceptors (Lipinski definition) is 7.